The minimum absolute atomic E-state index is 0.308. The number of aliphatic hydroxyl groups excluding tert-OH is 1. The summed E-state index contributed by atoms with van der Waals surface area (Å²) in [7, 11) is 0. The summed E-state index contributed by atoms with van der Waals surface area (Å²) in [6.45, 7) is 0. The lowest BCUT2D eigenvalue weighted by molar-refractivity contribution is -0.139. The predicted octanol–water partition coefficient (Wildman–Crippen LogP) is 2.50. The zero-order valence-corrected chi connectivity index (χ0v) is 8.59. The van der Waals surface area contributed by atoms with Gasteiger partial charge in [-0.2, -0.15) is 0 Å². The van der Waals surface area contributed by atoms with Crippen molar-refractivity contribution in [3.63, 3.8) is 0 Å². The summed E-state index contributed by atoms with van der Waals surface area (Å²) < 4.78 is 0. The lowest BCUT2D eigenvalue weighted by Crippen LogP contribution is -2.05. The van der Waals surface area contributed by atoms with Crippen LogP contribution in [0.2, 0.25) is 10.0 Å². The van der Waals surface area contributed by atoms with Crippen LogP contribution in [0, 0.1) is 0 Å². The molecule has 0 saturated heterocycles. The zero-order chi connectivity index (χ0) is 10.7. The summed E-state index contributed by atoms with van der Waals surface area (Å²) in [5.41, 5.74) is 0.335. The molecule has 0 aliphatic heterocycles. The third-order valence-corrected chi connectivity index (χ3v) is 2.26. The molecule has 1 atom stereocenters. The molecule has 0 aliphatic carbocycles. The molecule has 0 spiro atoms. The van der Waals surface area contributed by atoms with E-state index in [1.165, 1.54) is 12.1 Å². The van der Waals surface area contributed by atoms with Crippen molar-refractivity contribution >= 4 is 29.2 Å². The van der Waals surface area contributed by atoms with Crippen LogP contribution in [0.4, 0.5) is 0 Å². The van der Waals surface area contributed by atoms with Crippen molar-refractivity contribution in [2.75, 3.05) is 0 Å². The Balaban J connectivity index is 2.93. The molecule has 0 radical (unpaired) electrons. The van der Waals surface area contributed by atoms with E-state index in [2.05, 4.69) is 0 Å². The molecule has 0 aromatic heterocycles. The first kappa shape index (κ1) is 11.3. The van der Waals surface area contributed by atoms with Crippen molar-refractivity contribution in [2.24, 2.45) is 0 Å². The Labute approximate surface area is 90.9 Å². The van der Waals surface area contributed by atoms with Gasteiger partial charge in [0.15, 0.2) is 0 Å². The number of aliphatic carboxylic acids is 1. The Morgan fingerprint density at radius 2 is 2.07 bits per heavy atom. The Morgan fingerprint density at radius 1 is 1.43 bits per heavy atom. The molecule has 1 rings (SSSR count). The van der Waals surface area contributed by atoms with Crippen LogP contribution in [0.3, 0.4) is 0 Å². The van der Waals surface area contributed by atoms with E-state index >= 15 is 0 Å². The highest BCUT2D eigenvalue weighted by Crippen LogP contribution is 2.27. The maximum absolute atomic E-state index is 10.3. The SMILES string of the molecule is O=C(O)CC(O)c1cc(Cl)ccc1Cl. The maximum atomic E-state index is 10.3. The van der Waals surface area contributed by atoms with Gasteiger partial charge >= 0.3 is 5.97 Å². The van der Waals surface area contributed by atoms with Crippen molar-refractivity contribution in [3.05, 3.63) is 33.8 Å². The van der Waals surface area contributed by atoms with Gasteiger partial charge in [-0.05, 0) is 18.2 Å². The number of carboxylic acid groups (broad SMARTS) is 1. The van der Waals surface area contributed by atoms with Gasteiger partial charge in [0.25, 0.3) is 0 Å². The zero-order valence-electron chi connectivity index (χ0n) is 7.08. The van der Waals surface area contributed by atoms with Crippen molar-refractivity contribution in [1.82, 2.24) is 0 Å². The van der Waals surface area contributed by atoms with E-state index in [1.807, 2.05) is 0 Å². The molecule has 0 bridgehead atoms. The van der Waals surface area contributed by atoms with Gasteiger partial charge in [0.1, 0.15) is 0 Å². The van der Waals surface area contributed by atoms with E-state index in [1.54, 1.807) is 6.07 Å². The van der Waals surface area contributed by atoms with E-state index < -0.39 is 12.1 Å². The number of hydrogen-bond donors (Lipinski definition) is 2. The first-order valence-corrected chi connectivity index (χ1v) is 4.61. The summed E-state index contributed by atoms with van der Waals surface area (Å²) in [4.78, 5) is 10.3. The van der Waals surface area contributed by atoms with Crippen molar-refractivity contribution in [2.45, 2.75) is 12.5 Å². The molecular weight excluding hydrogens is 227 g/mol. The Hall–Kier alpha value is -0.770. The average molecular weight is 235 g/mol. The second kappa shape index (κ2) is 4.64. The predicted molar refractivity (Wildman–Crippen MR) is 53.7 cm³/mol. The highest BCUT2D eigenvalue weighted by atomic mass is 35.5. The molecule has 3 nitrogen and oxygen atoms in total. The lowest BCUT2D eigenvalue weighted by atomic mass is 10.1. The van der Waals surface area contributed by atoms with Gasteiger partial charge in [0.05, 0.1) is 12.5 Å². The molecule has 0 aliphatic rings. The van der Waals surface area contributed by atoms with E-state index in [-0.39, 0.29) is 6.42 Å². The number of halogens is 2. The second-order valence-corrected chi connectivity index (χ2v) is 3.62. The van der Waals surface area contributed by atoms with Gasteiger partial charge in [-0.3, -0.25) is 4.79 Å². The number of rotatable bonds is 3. The van der Waals surface area contributed by atoms with Gasteiger partial charge in [0.2, 0.25) is 0 Å². The van der Waals surface area contributed by atoms with Crippen LogP contribution in [0.5, 0.6) is 0 Å². The third kappa shape index (κ3) is 2.87. The van der Waals surface area contributed by atoms with Crippen molar-refractivity contribution in [1.29, 1.82) is 0 Å². The molecule has 0 saturated carbocycles. The molecule has 2 N–H and O–H groups in total. The van der Waals surface area contributed by atoms with E-state index in [0.717, 1.165) is 0 Å². The normalized spacial score (nSPS) is 12.5. The monoisotopic (exact) mass is 234 g/mol. The molecular formula is C9H8Cl2O3. The first-order valence-electron chi connectivity index (χ1n) is 3.85. The molecule has 0 amide bonds. The average Bonchev–Trinajstić information content (AvgIpc) is 2.08. The molecule has 14 heavy (non-hydrogen) atoms. The lowest BCUT2D eigenvalue weighted by Gasteiger charge is -2.10. The minimum Gasteiger partial charge on any atom is -0.481 e. The highest BCUT2D eigenvalue weighted by molar-refractivity contribution is 6.33. The highest BCUT2D eigenvalue weighted by Gasteiger charge is 2.15. The Bertz CT molecular complexity index is 352. The number of aliphatic hydroxyl groups is 1. The quantitative estimate of drug-likeness (QED) is 0.846. The fourth-order valence-corrected chi connectivity index (χ4v) is 1.47. The Kier molecular flexibility index (Phi) is 3.75. The van der Waals surface area contributed by atoms with Crippen LogP contribution in [0.15, 0.2) is 18.2 Å². The summed E-state index contributed by atoms with van der Waals surface area (Å²) in [6.07, 6.45) is -1.52. The van der Waals surface area contributed by atoms with Crippen LogP contribution in [-0.2, 0) is 4.79 Å². The van der Waals surface area contributed by atoms with Gasteiger partial charge in [-0.1, -0.05) is 23.2 Å². The van der Waals surface area contributed by atoms with Gasteiger partial charge in [-0.25, -0.2) is 0 Å². The van der Waals surface area contributed by atoms with E-state index in [9.17, 15) is 9.90 Å². The molecule has 0 heterocycles. The number of carbonyl (C=O) groups is 1. The second-order valence-electron chi connectivity index (χ2n) is 2.78. The standard InChI is InChI=1S/C9H8Cl2O3/c10-5-1-2-7(11)6(3-5)8(12)4-9(13)14/h1-3,8,12H,4H2,(H,13,14). The number of hydrogen-bond acceptors (Lipinski definition) is 2. The number of carboxylic acids is 1. The smallest absolute Gasteiger partial charge is 0.306 e. The fraction of sp³-hybridized carbons (Fsp3) is 0.222. The summed E-state index contributed by atoms with van der Waals surface area (Å²) in [5.74, 6) is -1.09. The van der Waals surface area contributed by atoms with Crippen LogP contribution in [-0.4, -0.2) is 16.2 Å². The van der Waals surface area contributed by atoms with Gasteiger partial charge in [-0.15, -0.1) is 0 Å². The molecule has 1 unspecified atom stereocenters. The van der Waals surface area contributed by atoms with Gasteiger partial charge in [0, 0.05) is 15.6 Å². The molecule has 1 aromatic carbocycles. The molecule has 1 aromatic rings. The topological polar surface area (TPSA) is 57.5 Å². The van der Waals surface area contributed by atoms with Crippen LogP contribution in [0.1, 0.15) is 18.1 Å². The van der Waals surface area contributed by atoms with Crippen molar-refractivity contribution in [3.8, 4) is 0 Å². The van der Waals surface area contributed by atoms with Gasteiger partial charge < -0.3 is 10.2 Å². The minimum atomic E-state index is -1.13. The summed E-state index contributed by atoms with van der Waals surface area (Å²) >= 11 is 11.4. The maximum Gasteiger partial charge on any atom is 0.306 e. The molecule has 5 heteroatoms. The van der Waals surface area contributed by atoms with Crippen molar-refractivity contribution < 1.29 is 15.0 Å². The number of benzene rings is 1. The van der Waals surface area contributed by atoms with Crippen LogP contribution in [0.25, 0.3) is 0 Å². The first-order chi connectivity index (χ1) is 6.50. The Morgan fingerprint density at radius 3 is 2.64 bits per heavy atom. The third-order valence-electron chi connectivity index (χ3n) is 1.69. The summed E-state index contributed by atoms with van der Waals surface area (Å²) in [6, 6.07) is 4.54. The molecule has 0 fully saturated rings. The van der Waals surface area contributed by atoms with Crippen LogP contribution < -0.4 is 0 Å². The fourth-order valence-electron chi connectivity index (χ4n) is 1.05. The van der Waals surface area contributed by atoms with E-state index in [4.69, 9.17) is 28.3 Å². The molecule has 76 valence electrons. The van der Waals surface area contributed by atoms with Crippen LogP contribution >= 0.6 is 23.2 Å². The van der Waals surface area contributed by atoms with E-state index in [0.29, 0.717) is 15.6 Å². The largest absolute Gasteiger partial charge is 0.481 e. The summed E-state index contributed by atoms with van der Waals surface area (Å²) in [5, 5.41) is 18.7.